The third kappa shape index (κ3) is 1.73. The van der Waals surface area contributed by atoms with Gasteiger partial charge in [0.05, 0.1) is 0 Å². The number of aromatic hydroxyl groups is 1. The van der Waals surface area contributed by atoms with E-state index in [-0.39, 0.29) is 0 Å². The van der Waals surface area contributed by atoms with Gasteiger partial charge >= 0.3 is 0 Å². The van der Waals surface area contributed by atoms with Crippen LogP contribution in [0.2, 0.25) is 0 Å². The fourth-order valence-corrected chi connectivity index (χ4v) is 2.97. The first-order valence-electron chi connectivity index (χ1n) is 6.85. The van der Waals surface area contributed by atoms with E-state index in [1.54, 1.807) is 6.07 Å². The second-order valence-electron chi connectivity index (χ2n) is 5.31. The third-order valence-corrected chi connectivity index (χ3v) is 4.05. The van der Waals surface area contributed by atoms with Crippen LogP contribution in [0.15, 0.2) is 60.7 Å². The summed E-state index contributed by atoms with van der Waals surface area (Å²) in [4.78, 5) is 2.37. The Hall–Kier alpha value is -2.48. The molecule has 2 nitrogen and oxygen atoms in total. The van der Waals surface area contributed by atoms with Crippen LogP contribution >= 0.6 is 0 Å². The standard InChI is InChI=1S/C18H15NO/c20-18-7-3-6-13-10-16(8-9-17(13)18)19-11-14-4-1-2-5-15(14)12-19/h1-10,20H,11-12H2. The lowest BCUT2D eigenvalue weighted by Crippen LogP contribution is -2.14. The number of phenols is 1. The van der Waals surface area contributed by atoms with Gasteiger partial charge in [0.25, 0.3) is 0 Å². The second kappa shape index (κ2) is 4.27. The summed E-state index contributed by atoms with van der Waals surface area (Å²) in [7, 11) is 0. The number of fused-ring (bicyclic) bond motifs is 2. The lowest BCUT2D eigenvalue weighted by molar-refractivity contribution is 0.481. The summed E-state index contributed by atoms with van der Waals surface area (Å²) in [5.41, 5.74) is 4.02. The van der Waals surface area contributed by atoms with Crippen molar-refractivity contribution in [3.63, 3.8) is 0 Å². The summed E-state index contributed by atoms with van der Waals surface area (Å²) in [6, 6.07) is 20.5. The van der Waals surface area contributed by atoms with E-state index >= 15 is 0 Å². The molecule has 0 radical (unpaired) electrons. The van der Waals surface area contributed by atoms with E-state index in [4.69, 9.17) is 0 Å². The summed E-state index contributed by atoms with van der Waals surface area (Å²) in [5.74, 6) is 0.346. The summed E-state index contributed by atoms with van der Waals surface area (Å²) in [5, 5.41) is 11.8. The summed E-state index contributed by atoms with van der Waals surface area (Å²) in [6.07, 6.45) is 0. The van der Waals surface area contributed by atoms with Crippen LogP contribution < -0.4 is 4.90 Å². The fourth-order valence-electron chi connectivity index (χ4n) is 2.97. The highest BCUT2D eigenvalue weighted by atomic mass is 16.3. The van der Waals surface area contributed by atoms with Crippen LogP contribution in [0.4, 0.5) is 5.69 Å². The molecule has 0 saturated heterocycles. The van der Waals surface area contributed by atoms with E-state index < -0.39 is 0 Å². The van der Waals surface area contributed by atoms with Crippen molar-refractivity contribution in [1.82, 2.24) is 0 Å². The van der Waals surface area contributed by atoms with Crippen LogP contribution in [0.5, 0.6) is 5.75 Å². The minimum absolute atomic E-state index is 0.346. The molecule has 98 valence electrons. The van der Waals surface area contributed by atoms with Crippen molar-refractivity contribution in [3.8, 4) is 5.75 Å². The van der Waals surface area contributed by atoms with Crippen molar-refractivity contribution >= 4 is 16.5 Å². The van der Waals surface area contributed by atoms with Gasteiger partial charge in [0.1, 0.15) is 5.75 Å². The van der Waals surface area contributed by atoms with Crippen LogP contribution in [0.1, 0.15) is 11.1 Å². The molecule has 1 N–H and O–H groups in total. The molecular weight excluding hydrogens is 246 g/mol. The highest BCUT2D eigenvalue weighted by molar-refractivity contribution is 5.90. The summed E-state index contributed by atoms with van der Waals surface area (Å²) in [6.45, 7) is 1.92. The van der Waals surface area contributed by atoms with Gasteiger partial charge in [-0.3, -0.25) is 0 Å². The van der Waals surface area contributed by atoms with Gasteiger partial charge in [-0.05, 0) is 40.8 Å². The molecule has 0 atom stereocenters. The number of benzene rings is 3. The minimum Gasteiger partial charge on any atom is -0.507 e. The largest absolute Gasteiger partial charge is 0.507 e. The Balaban J connectivity index is 1.74. The Morgan fingerprint density at radius 2 is 1.55 bits per heavy atom. The van der Waals surface area contributed by atoms with Gasteiger partial charge in [0.15, 0.2) is 0 Å². The van der Waals surface area contributed by atoms with E-state index in [9.17, 15) is 5.11 Å². The molecule has 2 heteroatoms. The van der Waals surface area contributed by atoms with Crippen molar-refractivity contribution in [2.24, 2.45) is 0 Å². The maximum atomic E-state index is 9.86. The number of hydrogen-bond acceptors (Lipinski definition) is 2. The molecule has 4 rings (SSSR count). The Bertz CT molecular complexity index is 769. The maximum Gasteiger partial charge on any atom is 0.123 e. The van der Waals surface area contributed by atoms with E-state index in [1.807, 2.05) is 18.2 Å². The molecule has 0 bridgehead atoms. The molecule has 3 aromatic carbocycles. The number of nitrogens with zero attached hydrogens (tertiary/aromatic N) is 1. The minimum atomic E-state index is 0.346. The average Bonchev–Trinajstić information content (AvgIpc) is 2.91. The van der Waals surface area contributed by atoms with Gasteiger partial charge in [-0.25, -0.2) is 0 Å². The van der Waals surface area contributed by atoms with Crippen LogP contribution in [0.3, 0.4) is 0 Å². The Kier molecular flexibility index (Phi) is 2.43. The van der Waals surface area contributed by atoms with Crippen molar-refractivity contribution in [2.75, 3.05) is 4.90 Å². The number of rotatable bonds is 1. The molecular formula is C18H15NO. The lowest BCUT2D eigenvalue weighted by atomic mass is 10.1. The zero-order valence-electron chi connectivity index (χ0n) is 11.1. The fraction of sp³-hybridized carbons (Fsp3) is 0.111. The van der Waals surface area contributed by atoms with Gasteiger partial charge < -0.3 is 10.0 Å². The van der Waals surface area contributed by atoms with Crippen molar-refractivity contribution < 1.29 is 5.11 Å². The molecule has 0 unspecified atom stereocenters. The van der Waals surface area contributed by atoms with E-state index in [0.29, 0.717) is 5.75 Å². The Labute approximate surface area is 117 Å². The molecule has 1 aliphatic rings. The number of phenolic OH excluding ortho intramolecular Hbond substituents is 1. The zero-order valence-corrected chi connectivity index (χ0v) is 11.1. The van der Waals surface area contributed by atoms with Crippen LogP contribution in [0, 0.1) is 0 Å². The molecule has 1 aliphatic heterocycles. The van der Waals surface area contributed by atoms with Crippen LogP contribution in [-0.2, 0) is 13.1 Å². The van der Waals surface area contributed by atoms with Crippen LogP contribution in [-0.4, -0.2) is 5.11 Å². The topological polar surface area (TPSA) is 23.5 Å². The summed E-state index contributed by atoms with van der Waals surface area (Å²) < 4.78 is 0. The monoisotopic (exact) mass is 261 g/mol. The van der Waals surface area contributed by atoms with Gasteiger partial charge in [-0.1, -0.05) is 36.4 Å². The smallest absolute Gasteiger partial charge is 0.123 e. The Morgan fingerprint density at radius 1 is 0.800 bits per heavy atom. The first-order chi connectivity index (χ1) is 9.81. The Morgan fingerprint density at radius 3 is 2.30 bits per heavy atom. The van der Waals surface area contributed by atoms with Crippen molar-refractivity contribution in [1.29, 1.82) is 0 Å². The number of anilines is 1. The molecule has 0 aromatic heterocycles. The summed E-state index contributed by atoms with van der Waals surface area (Å²) >= 11 is 0. The third-order valence-electron chi connectivity index (χ3n) is 4.05. The van der Waals surface area contributed by atoms with Gasteiger partial charge in [0.2, 0.25) is 0 Å². The SMILES string of the molecule is Oc1cccc2cc(N3Cc4ccccc4C3)ccc12. The first kappa shape index (κ1) is 11.4. The lowest BCUT2D eigenvalue weighted by Gasteiger charge is -2.18. The van der Waals surface area contributed by atoms with Crippen molar-refractivity contribution in [2.45, 2.75) is 13.1 Å². The molecule has 20 heavy (non-hydrogen) atoms. The van der Waals surface area contributed by atoms with Gasteiger partial charge in [-0.15, -0.1) is 0 Å². The number of hydrogen-bond donors (Lipinski definition) is 1. The van der Waals surface area contributed by atoms with E-state index in [2.05, 4.69) is 41.3 Å². The second-order valence-corrected chi connectivity index (χ2v) is 5.31. The highest BCUT2D eigenvalue weighted by Crippen LogP contribution is 2.32. The van der Waals surface area contributed by atoms with E-state index in [1.165, 1.54) is 16.8 Å². The molecule has 1 heterocycles. The molecule has 0 fully saturated rings. The highest BCUT2D eigenvalue weighted by Gasteiger charge is 2.18. The zero-order chi connectivity index (χ0) is 13.5. The maximum absolute atomic E-state index is 9.86. The molecule has 0 spiro atoms. The quantitative estimate of drug-likeness (QED) is 0.714. The van der Waals surface area contributed by atoms with Gasteiger partial charge in [0, 0.05) is 24.2 Å². The average molecular weight is 261 g/mol. The molecule has 3 aromatic rings. The first-order valence-corrected chi connectivity index (χ1v) is 6.85. The predicted molar refractivity (Wildman–Crippen MR) is 81.9 cm³/mol. The normalized spacial score (nSPS) is 13.7. The van der Waals surface area contributed by atoms with Crippen molar-refractivity contribution in [3.05, 3.63) is 71.8 Å². The molecule has 0 amide bonds. The predicted octanol–water partition coefficient (Wildman–Crippen LogP) is 4.07. The molecule has 0 saturated carbocycles. The van der Waals surface area contributed by atoms with Gasteiger partial charge in [-0.2, -0.15) is 0 Å². The molecule has 0 aliphatic carbocycles. The van der Waals surface area contributed by atoms with E-state index in [0.717, 1.165) is 23.9 Å². The van der Waals surface area contributed by atoms with Crippen LogP contribution in [0.25, 0.3) is 10.8 Å².